The Bertz CT molecular complexity index is 9220. The minimum absolute atomic E-state index is 0.160. The molecule has 24 aromatic rings. The standard InChI is InChI=1S/C44H28O.C38H24O.C32H20O/c1-3-14-29(15-4-1)31-26-32(30-16-5-2-6-17-30)28-33(27-31)42-34-18-7-9-20-36(34)43(37-21-10-8-19-35(37)42)39-23-13-25-41-44(39)38-22-11-12-24-40(38)45-41;1-2-11-25(12-3-1)26-21-23-27(24-22-26)36-28-13-4-6-15-30(28)37(31-16-7-5-14-29(31)36)33-18-10-20-35-38(33)32-17-8-9-19-34(32)39-35;1-2-11-21(12-3-1)30-22-13-4-6-15-24(22)31(25-16-7-5-14-23(25)30)27-18-10-20-29-32(27)26-17-8-9-19-28(26)33-29/h1-28H;1-24H;1-20H/i7D,8D,9D,10D,18D,19D,20D,21D;2*4D,5D,6D,7D,13D,14D,15D,16D. The van der Waals surface area contributed by atoms with E-state index in [2.05, 4.69) is 6.07 Å². The number of hydrogen-bond donors (Lipinski definition) is 0. The van der Waals surface area contributed by atoms with Crippen molar-refractivity contribution >= 4 is 130 Å². The first-order valence-electron chi connectivity index (χ1n) is 50.1. The smallest absolute Gasteiger partial charge is 0.136 e. The fourth-order valence-corrected chi connectivity index (χ4v) is 16.9. The van der Waals surface area contributed by atoms with Gasteiger partial charge in [-0.2, -0.15) is 0 Å². The summed E-state index contributed by atoms with van der Waals surface area (Å²) in [5.41, 5.74) is 14.1. The third kappa shape index (κ3) is 11.8. The first-order chi connectivity index (χ1) is 68.1. The Labute approximate surface area is 709 Å². The highest BCUT2D eigenvalue weighted by molar-refractivity contribution is 6.29. The molecule has 0 N–H and O–H groups in total. The molecule has 0 atom stereocenters. The van der Waals surface area contributed by atoms with Gasteiger partial charge in [-0.15, -0.1) is 0 Å². The first-order valence-corrected chi connectivity index (χ1v) is 38.1. The van der Waals surface area contributed by atoms with Gasteiger partial charge in [-0.05, 0) is 219 Å². The SMILES string of the molecule is [2H]c1c([2H])c([2H])c2c(-c3cccc4oc5ccccc5c34)c3c([2H])c([2H])c([2H])c([2H])c3c(-c3cc(-c4ccccc4)cc(-c4ccccc4)c3)c2c1[2H].[2H]c1c([2H])c([2H])c2c(-c3cccc4oc5ccccc5c34)c3c([2H])c([2H])c([2H])c([2H])c3c(-c3ccc(-c4ccccc4)cc3)c2c1[2H].[2H]c1c([2H])c([2H])c2c(-c3cccc4oc5ccccc5c34)c3c([2H])c([2H])c([2H])c([2H])c3c(-c3ccccc3)c2c1[2H]. The Balaban J connectivity index is 0.000000122. The van der Waals surface area contributed by atoms with Crippen LogP contribution in [0.2, 0.25) is 0 Å². The van der Waals surface area contributed by atoms with Crippen LogP contribution in [-0.4, -0.2) is 0 Å². The lowest BCUT2D eigenvalue weighted by molar-refractivity contribution is 0.668. The summed E-state index contributed by atoms with van der Waals surface area (Å²) in [4.78, 5) is 0. The maximum atomic E-state index is 9.47. The molecule has 0 radical (unpaired) electrons. The Morgan fingerprint density at radius 2 is 0.350 bits per heavy atom. The quantitative estimate of drug-likeness (QED) is 0.135. The van der Waals surface area contributed by atoms with Crippen LogP contribution in [0.25, 0.3) is 231 Å². The number of rotatable bonds is 9. The molecule has 0 saturated carbocycles. The number of hydrogen-bond acceptors (Lipinski definition) is 3. The molecule has 0 saturated heterocycles. The molecule has 0 unspecified atom stereocenters. The fourth-order valence-electron chi connectivity index (χ4n) is 16.9. The van der Waals surface area contributed by atoms with Crippen molar-refractivity contribution < 1.29 is 46.1 Å². The van der Waals surface area contributed by atoms with Gasteiger partial charge in [0.25, 0.3) is 0 Å². The minimum atomic E-state index is -0.442. The van der Waals surface area contributed by atoms with Crippen LogP contribution in [0.4, 0.5) is 0 Å². The normalized spacial score (nSPS) is 14.5. The van der Waals surface area contributed by atoms with E-state index in [0.717, 1.165) is 49.5 Å². The van der Waals surface area contributed by atoms with Crippen LogP contribution in [0.5, 0.6) is 0 Å². The maximum Gasteiger partial charge on any atom is 0.136 e. The van der Waals surface area contributed by atoms with E-state index in [-0.39, 0.29) is 143 Å². The molecule has 3 heteroatoms. The zero-order valence-electron chi connectivity index (χ0n) is 85.9. The highest BCUT2D eigenvalue weighted by Gasteiger charge is 2.25. The van der Waals surface area contributed by atoms with Crippen molar-refractivity contribution in [1.82, 2.24) is 0 Å². The van der Waals surface area contributed by atoms with Crippen LogP contribution in [-0.2, 0) is 0 Å². The molecule has 24 rings (SSSR count). The Kier molecular flexibility index (Phi) is 11.8. The summed E-state index contributed by atoms with van der Waals surface area (Å²) >= 11 is 0. The third-order valence-electron chi connectivity index (χ3n) is 21.9. The Hall–Kier alpha value is -15.4. The van der Waals surface area contributed by atoms with Crippen LogP contribution in [0.3, 0.4) is 0 Å². The van der Waals surface area contributed by atoms with Gasteiger partial charge < -0.3 is 13.3 Å². The topological polar surface area (TPSA) is 39.4 Å². The summed E-state index contributed by atoms with van der Waals surface area (Å²) in [6.07, 6.45) is 0. The zero-order valence-corrected chi connectivity index (χ0v) is 61.9. The van der Waals surface area contributed by atoms with Gasteiger partial charge in [-0.1, -0.05) is 382 Å². The van der Waals surface area contributed by atoms with Crippen molar-refractivity contribution in [3.63, 3.8) is 0 Å². The lowest BCUT2D eigenvalue weighted by Gasteiger charge is -2.19. The van der Waals surface area contributed by atoms with Gasteiger partial charge in [0, 0.05) is 32.3 Å². The van der Waals surface area contributed by atoms with E-state index >= 15 is 0 Å². The van der Waals surface area contributed by atoms with Crippen molar-refractivity contribution in [3.8, 4) is 100 Å². The molecule has 3 nitrogen and oxygen atoms in total. The molecule has 0 amide bonds. The molecular formula is C114H72O3. The van der Waals surface area contributed by atoms with Crippen LogP contribution in [0.1, 0.15) is 32.9 Å². The number of benzene rings is 21. The Morgan fingerprint density at radius 1 is 0.145 bits per heavy atom. The van der Waals surface area contributed by atoms with Crippen LogP contribution in [0, 0.1) is 0 Å². The summed E-state index contributed by atoms with van der Waals surface area (Å²) in [6, 6.07) is 81.8. The van der Waals surface area contributed by atoms with E-state index in [9.17, 15) is 11.0 Å². The second kappa shape index (κ2) is 29.0. The van der Waals surface area contributed by atoms with E-state index in [4.69, 9.17) is 35.2 Å². The summed E-state index contributed by atoms with van der Waals surface area (Å²) < 4.78 is 234. The highest BCUT2D eigenvalue weighted by Crippen LogP contribution is 2.52. The average Bonchev–Trinajstić information content (AvgIpc) is 1.56. The van der Waals surface area contributed by atoms with Crippen molar-refractivity contribution in [3.05, 3.63) is 436 Å². The molecular weight excluding hydrogens is 1420 g/mol. The molecule has 546 valence electrons. The highest BCUT2D eigenvalue weighted by atomic mass is 16.3. The molecule has 0 aliphatic carbocycles. The van der Waals surface area contributed by atoms with E-state index < -0.39 is 72.5 Å². The van der Waals surface area contributed by atoms with Gasteiger partial charge in [-0.25, -0.2) is 0 Å². The molecule has 0 bridgehead atoms. The monoisotopic (exact) mass is 1510 g/mol. The second-order valence-electron chi connectivity index (χ2n) is 28.4. The molecule has 0 aliphatic rings. The predicted molar refractivity (Wildman–Crippen MR) is 495 cm³/mol. The first kappa shape index (κ1) is 47.8. The minimum Gasteiger partial charge on any atom is -0.456 e. The van der Waals surface area contributed by atoms with Crippen LogP contribution in [0.15, 0.2) is 449 Å². The average molecular weight is 1510 g/mol. The van der Waals surface area contributed by atoms with Gasteiger partial charge in [0.1, 0.15) is 33.5 Å². The van der Waals surface area contributed by atoms with Crippen molar-refractivity contribution in [1.29, 1.82) is 0 Å². The number of furan rings is 3. The molecule has 21 aromatic carbocycles. The van der Waals surface area contributed by atoms with Gasteiger partial charge in [0.2, 0.25) is 0 Å². The van der Waals surface area contributed by atoms with Gasteiger partial charge in [0.15, 0.2) is 0 Å². The molecule has 3 aromatic heterocycles. The second-order valence-corrected chi connectivity index (χ2v) is 28.4. The van der Waals surface area contributed by atoms with E-state index in [1.54, 1.807) is 42.5 Å². The largest absolute Gasteiger partial charge is 0.456 e. The fraction of sp³-hybridized carbons (Fsp3) is 0. The molecule has 0 aliphatic heterocycles. The van der Waals surface area contributed by atoms with E-state index in [1.165, 1.54) is 0 Å². The maximum absolute atomic E-state index is 9.47. The number of fused-ring (bicyclic) bond motifs is 15. The summed E-state index contributed by atoms with van der Waals surface area (Å²) in [5.74, 6) is 0. The molecule has 0 spiro atoms. The van der Waals surface area contributed by atoms with Gasteiger partial charge >= 0.3 is 0 Å². The van der Waals surface area contributed by atoms with E-state index in [1.807, 2.05) is 243 Å². The van der Waals surface area contributed by atoms with Crippen LogP contribution < -0.4 is 0 Å². The van der Waals surface area contributed by atoms with Crippen molar-refractivity contribution in [2.45, 2.75) is 0 Å². The third-order valence-corrected chi connectivity index (χ3v) is 21.9. The summed E-state index contributed by atoms with van der Waals surface area (Å²) in [5, 5.41) is 6.51. The molecule has 117 heavy (non-hydrogen) atoms. The predicted octanol–water partition coefficient (Wildman–Crippen LogP) is 32.7. The number of para-hydroxylation sites is 3. The molecule has 0 fully saturated rings. The zero-order chi connectivity index (χ0) is 98.2. The lowest BCUT2D eigenvalue weighted by Crippen LogP contribution is -1.92. The summed E-state index contributed by atoms with van der Waals surface area (Å²) in [7, 11) is 0. The molecule has 3 heterocycles. The van der Waals surface area contributed by atoms with Crippen LogP contribution >= 0.6 is 0 Å². The Morgan fingerprint density at radius 3 is 0.650 bits per heavy atom. The van der Waals surface area contributed by atoms with Crippen molar-refractivity contribution in [2.75, 3.05) is 0 Å². The lowest BCUT2D eigenvalue weighted by atomic mass is 9.83. The summed E-state index contributed by atoms with van der Waals surface area (Å²) in [6.45, 7) is 0. The van der Waals surface area contributed by atoms with Gasteiger partial charge in [-0.3, -0.25) is 0 Å². The van der Waals surface area contributed by atoms with Gasteiger partial charge in [0.05, 0.1) is 32.9 Å². The van der Waals surface area contributed by atoms with Crippen molar-refractivity contribution in [2.24, 2.45) is 0 Å². The van der Waals surface area contributed by atoms with E-state index in [0.29, 0.717) is 111 Å².